The molecule has 1 saturated heterocycles. The predicted molar refractivity (Wildman–Crippen MR) is 52.5 cm³/mol. The van der Waals surface area contributed by atoms with E-state index in [4.69, 9.17) is 0 Å². The van der Waals surface area contributed by atoms with E-state index in [1.807, 2.05) is 0 Å². The normalized spacial score (nSPS) is 55.0. The van der Waals surface area contributed by atoms with Gasteiger partial charge in [-0.1, -0.05) is 13.8 Å². The largest absolute Gasteiger partial charge is 0.339 e. The van der Waals surface area contributed by atoms with Crippen LogP contribution in [0.4, 0.5) is 0 Å². The van der Waals surface area contributed by atoms with Crippen molar-refractivity contribution in [3.63, 3.8) is 0 Å². The summed E-state index contributed by atoms with van der Waals surface area (Å²) in [6, 6.07) is 0. The first-order chi connectivity index (χ1) is 6.60. The minimum atomic E-state index is 0.119. The number of rotatable bonds is 1. The summed E-state index contributed by atoms with van der Waals surface area (Å²) in [6.45, 7) is 6.74. The number of carbonyl (C=O) groups is 1. The van der Waals surface area contributed by atoms with Crippen molar-refractivity contribution in [2.75, 3.05) is 13.1 Å². The van der Waals surface area contributed by atoms with Crippen LogP contribution in [0.2, 0.25) is 0 Å². The van der Waals surface area contributed by atoms with E-state index in [-0.39, 0.29) is 5.41 Å². The first-order valence-electron chi connectivity index (χ1n) is 5.89. The van der Waals surface area contributed by atoms with Crippen molar-refractivity contribution in [3.05, 3.63) is 0 Å². The maximum Gasteiger partial charge on any atom is 0.230 e. The minimum Gasteiger partial charge on any atom is -0.339 e. The lowest BCUT2D eigenvalue weighted by Crippen LogP contribution is -2.36. The summed E-state index contributed by atoms with van der Waals surface area (Å²) in [7, 11) is 0. The van der Waals surface area contributed by atoms with Gasteiger partial charge in [0.2, 0.25) is 5.91 Å². The molecule has 1 heterocycles. The van der Waals surface area contributed by atoms with Gasteiger partial charge in [-0.05, 0) is 36.0 Å². The Bertz CT molecular complexity index is 330. The van der Waals surface area contributed by atoms with Crippen molar-refractivity contribution in [1.82, 2.24) is 4.90 Å². The predicted octanol–water partition coefficient (Wildman–Crippen LogP) is 1.51. The first-order valence-corrected chi connectivity index (χ1v) is 5.89. The average Bonchev–Trinajstić information content (AvgIpc) is 2.99. The number of nitrogens with zero attached hydrogens (tertiary/aromatic N) is 1. The average molecular weight is 191 g/mol. The van der Waals surface area contributed by atoms with Gasteiger partial charge in [0.1, 0.15) is 0 Å². The quantitative estimate of drug-likeness (QED) is 0.575. The molecule has 5 fully saturated rings. The van der Waals surface area contributed by atoms with Crippen molar-refractivity contribution >= 4 is 5.91 Å². The fraction of sp³-hybridized carbons (Fsp3) is 0.917. The van der Waals surface area contributed by atoms with Crippen LogP contribution in [0.3, 0.4) is 0 Å². The number of hydrogen-bond acceptors (Lipinski definition) is 1. The Morgan fingerprint density at radius 3 is 2.14 bits per heavy atom. The third-order valence-corrected chi connectivity index (χ3v) is 5.80. The van der Waals surface area contributed by atoms with Gasteiger partial charge in [0.15, 0.2) is 0 Å². The highest BCUT2D eigenvalue weighted by molar-refractivity contribution is 5.90. The molecule has 0 radical (unpaired) electrons. The molecule has 0 N–H and O–H groups in total. The minimum absolute atomic E-state index is 0.119. The molecule has 4 bridgehead atoms. The molecule has 4 aliphatic carbocycles. The lowest BCUT2D eigenvalue weighted by Gasteiger charge is -2.30. The SMILES string of the molecule is CC1(C)C2C[C@@H]3[C@H](C2)C31C(=O)N1CC1. The zero-order chi connectivity index (χ0) is 9.72. The second-order valence-electron chi connectivity index (χ2n) is 6.26. The smallest absolute Gasteiger partial charge is 0.230 e. The molecule has 14 heavy (non-hydrogen) atoms. The molecule has 2 heteroatoms. The summed E-state index contributed by atoms with van der Waals surface area (Å²) in [4.78, 5) is 14.4. The maximum absolute atomic E-state index is 12.3. The third kappa shape index (κ3) is 0.514. The second-order valence-corrected chi connectivity index (χ2v) is 6.26. The molecule has 4 atom stereocenters. The van der Waals surface area contributed by atoms with Gasteiger partial charge >= 0.3 is 0 Å². The summed E-state index contributed by atoms with van der Waals surface area (Å²) < 4.78 is 0. The Hall–Kier alpha value is -0.530. The van der Waals surface area contributed by atoms with Crippen molar-refractivity contribution in [1.29, 1.82) is 0 Å². The van der Waals surface area contributed by atoms with Crippen LogP contribution in [-0.2, 0) is 4.79 Å². The highest BCUT2D eigenvalue weighted by Crippen LogP contribution is 2.86. The van der Waals surface area contributed by atoms with Gasteiger partial charge in [-0.3, -0.25) is 4.79 Å². The summed E-state index contributed by atoms with van der Waals surface area (Å²) >= 11 is 0. The van der Waals surface area contributed by atoms with E-state index in [1.165, 1.54) is 12.8 Å². The van der Waals surface area contributed by atoms with Crippen LogP contribution in [0.5, 0.6) is 0 Å². The number of carbonyl (C=O) groups excluding carboxylic acids is 1. The molecule has 1 aliphatic heterocycles. The van der Waals surface area contributed by atoms with Crippen molar-refractivity contribution < 1.29 is 4.79 Å². The van der Waals surface area contributed by atoms with Crippen LogP contribution in [-0.4, -0.2) is 23.9 Å². The standard InChI is InChI=1S/C12H17NO/c1-11(2)7-5-8-9(6-7)12(8,11)10(14)13-3-4-13/h7-9H,3-6H2,1-2H3/t7?,8-,9+,12?. The second kappa shape index (κ2) is 1.77. The van der Waals surface area contributed by atoms with E-state index >= 15 is 0 Å². The summed E-state index contributed by atoms with van der Waals surface area (Å²) in [5.74, 6) is 2.91. The number of amides is 1. The topological polar surface area (TPSA) is 20.1 Å². The van der Waals surface area contributed by atoms with Gasteiger partial charge in [-0.25, -0.2) is 0 Å². The Morgan fingerprint density at radius 2 is 1.79 bits per heavy atom. The Morgan fingerprint density at radius 1 is 1.21 bits per heavy atom. The van der Waals surface area contributed by atoms with E-state index < -0.39 is 0 Å². The molecule has 2 nitrogen and oxygen atoms in total. The third-order valence-electron chi connectivity index (χ3n) is 5.80. The van der Waals surface area contributed by atoms with Gasteiger partial charge in [-0.15, -0.1) is 0 Å². The fourth-order valence-electron chi connectivity index (χ4n) is 4.94. The molecule has 1 amide bonds. The monoisotopic (exact) mass is 191 g/mol. The molecule has 76 valence electrons. The van der Waals surface area contributed by atoms with E-state index in [0.29, 0.717) is 11.3 Å². The Labute approximate surface area is 84.7 Å². The molecule has 0 aromatic carbocycles. The summed E-state index contributed by atoms with van der Waals surface area (Å²) in [5.41, 5.74) is 0.427. The van der Waals surface area contributed by atoms with E-state index in [0.717, 1.165) is 30.8 Å². The lowest BCUT2D eigenvalue weighted by atomic mass is 9.74. The van der Waals surface area contributed by atoms with Gasteiger partial charge in [0.05, 0.1) is 5.41 Å². The van der Waals surface area contributed by atoms with Crippen LogP contribution >= 0.6 is 0 Å². The van der Waals surface area contributed by atoms with Crippen molar-refractivity contribution in [2.24, 2.45) is 28.6 Å². The molecule has 0 aromatic rings. The van der Waals surface area contributed by atoms with Crippen LogP contribution in [0, 0.1) is 28.6 Å². The van der Waals surface area contributed by atoms with Crippen LogP contribution in [0.25, 0.3) is 0 Å². The Kier molecular flexibility index (Phi) is 0.975. The van der Waals surface area contributed by atoms with E-state index in [9.17, 15) is 4.79 Å². The molecular weight excluding hydrogens is 174 g/mol. The lowest BCUT2D eigenvalue weighted by molar-refractivity contribution is -0.135. The molecule has 2 unspecified atom stereocenters. The van der Waals surface area contributed by atoms with Crippen molar-refractivity contribution in [3.8, 4) is 0 Å². The molecule has 0 aromatic heterocycles. The van der Waals surface area contributed by atoms with Gasteiger partial charge in [0, 0.05) is 13.1 Å². The van der Waals surface area contributed by atoms with Gasteiger partial charge in [0.25, 0.3) is 0 Å². The molecule has 4 saturated carbocycles. The highest BCUT2D eigenvalue weighted by Gasteiger charge is 2.86. The summed E-state index contributed by atoms with van der Waals surface area (Å²) in [6.07, 6.45) is 2.69. The number of hydrogen-bond donors (Lipinski definition) is 0. The molecule has 0 spiro atoms. The molecular formula is C12H17NO. The van der Waals surface area contributed by atoms with E-state index in [2.05, 4.69) is 18.7 Å². The highest BCUT2D eigenvalue weighted by atomic mass is 16.2. The van der Waals surface area contributed by atoms with Gasteiger partial charge < -0.3 is 4.90 Å². The zero-order valence-electron chi connectivity index (χ0n) is 8.92. The zero-order valence-corrected chi connectivity index (χ0v) is 8.92. The van der Waals surface area contributed by atoms with Crippen molar-refractivity contribution in [2.45, 2.75) is 26.7 Å². The van der Waals surface area contributed by atoms with Crippen LogP contribution < -0.4 is 0 Å². The Balaban J connectivity index is 1.81. The maximum atomic E-state index is 12.3. The van der Waals surface area contributed by atoms with Crippen LogP contribution in [0.1, 0.15) is 26.7 Å². The summed E-state index contributed by atoms with van der Waals surface area (Å²) in [5, 5.41) is 0. The molecule has 5 rings (SSSR count). The fourth-order valence-corrected chi connectivity index (χ4v) is 4.94. The van der Waals surface area contributed by atoms with Crippen LogP contribution in [0.15, 0.2) is 0 Å². The van der Waals surface area contributed by atoms with E-state index in [1.54, 1.807) is 0 Å². The molecule has 5 aliphatic rings. The van der Waals surface area contributed by atoms with Gasteiger partial charge in [-0.2, -0.15) is 0 Å². The first kappa shape index (κ1) is 7.72.